The zero-order valence-corrected chi connectivity index (χ0v) is 12.1. The van der Waals surface area contributed by atoms with E-state index >= 15 is 0 Å². The Morgan fingerprint density at radius 2 is 2.05 bits per heavy atom. The van der Waals surface area contributed by atoms with Gasteiger partial charge in [0.05, 0.1) is 0 Å². The Labute approximate surface area is 124 Å². The largest absolute Gasteiger partial charge is 0.454 e. The highest BCUT2D eigenvalue weighted by atomic mass is 16.7. The number of nitrogens with zero attached hydrogens (tertiary/aromatic N) is 1. The first kappa shape index (κ1) is 14.2. The molecule has 21 heavy (non-hydrogen) atoms. The van der Waals surface area contributed by atoms with Crippen LogP contribution in [-0.4, -0.2) is 56.9 Å². The molecule has 0 saturated carbocycles. The van der Waals surface area contributed by atoms with Crippen LogP contribution in [0.3, 0.4) is 0 Å². The van der Waals surface area contributed by atoms with Crippen molar-refractivity contribution in [2.24, 2.45) is 0 Å². The lowest BCUT2D eigenvalue weighted by Crippen LogP contribution is -2.44. The van der Waals surface area contributed by atoms with Crippen molar-refractivity contribution in [2.75, 3.05) is 46.1 Å². The van der Waals surface area contributed by atoms with Gasteiger partial charge in [0.1, 0.15) is 0 Å². The SMILES string of the molecule is O=C(NCCCN1CCNCC1)c1ccc2c(c1)OCO2. The van der Waals surface area contributed by atoms with Gasteiger partial charge in [0.15, 0.2) is 11.5 Å². The summed E-state index contributed by atoms with van der Waals surface area (Å²) >= 11 is 0. The molecule has 1 aromatic carbocycles. The number of amides is 1. The molecule has 0 bridgehead atoms. The van der Waals surface area contributed by atoms with E-state index in [1.54, 1.807) is 18.2 Å². The highest BCUT2D eigenvalue weighted by Crippen LogP contribution is 2.32. The summed E-state index contributed by atoms with van der Waals surface area (Å²) in [5.41, 5.74) is 0.612. The molecule has 0 spiro atoms. The first-order valence-corrected chi connectivity index (χ1v) is 7.44. The molecule has 114 valence electrons. The van der Waals surface area contributed by atoms with Gasteiger partial charge in [0, 0.05) is 38.3 Å². The van der Waals surface area contributed by atoms with Gasteiger partial charge in [-0.3, -0.25) is 4.79 Å². The molecular formula is C15H21N3O3. The second-order valence-corrected chi connectivity index (χ2v) is 5.27. The van der Waals surface area contributed by atoms with Gasteiger partial charge in [0.25, 0.3) is 5.91 Å². The van der Waals surface area contributed by atoms with Crippen molar-refractivity contribution in [1.82, 2.24) is 15.5 Å². The molecule has 6 nitrogen and oxygen atoms in total. The monoisotopic (exact) mass is 291 g/mol. The smallest absolute Gasteiger partial charge is 0.251 e. The third-order valence-corrected chi connectivity index (χ3v) is 3.78. The Kier molecular flexibility index (Phi) is 4.57. The molecule has 2 heterocycles. The minimum absolute atomic E-state index is 0.0615. The van der Waals surface area contributed by atoms with Gasteiger partial charge in [-0.05, 0) is 31.2 Å². The number of rotatable bonds is 5. The van der Waals surface area contributed by atoms with Gasteiger partial charge in [-0.2, -0.15) is 0 Å². The van der Waals surface area contributed by atoms with Crippen molar-refractivity contribution in [3.63, 3.8) is 0 Å². The van der Waals surface area contributed by atoms with Gasteiger partial charge < -0.3 is 25.0 Å². The average molecular weight is 291 g/mol. The molecule has 1 aromatic rings. The van der Waals surface area contributed by atoms with Crippen molar-refractivity contribution in [3.8, 4) is 11.5 Å². The molecule has 1 fully saturated rings. The van der Waals surface area contributed by atoms with Crippen molar-refractivity contribution in [2.45, 2.75) is 6.42 Å². The molecule has 0 aliphatic carbocycles. The number of carbonyl (C=O) groups is 1. The molecule has 2 aliphatic heterocycles. The summed E-state index contributed by atoms with van der Waals surface area (Å²) < 4.78 is 10.5. The predicted molar refractivity (Wildman–Crippen MR) is 78.8 cm³/mol. The van der Waals surface area contributed by atoms with Crippen molar-refractivity contribution >= 4 is 5.91 Å². The normalized spacial score (nSPS) is 17.7. The maximum Gasteiger partial charge on any atom is 0.251 e. The second-order valence-electron chi connectivity index (χ2n) is 5.27. The summed E-state index contributed by atoms with van der Waals surface area (Å²) in [6.45, 7) is 6.25. The van der Waals surface area contributed by atoms with Gasteiger partial charge in [-0.15, -0.1) is 0 Å². The minimum Gasteiger partial charge on any atom is -0.454 e. The molecule has 2 N–H and O–H groups in total. The third kappa shape index (κ3) is 3.65. The molecule has 0 radical (unpaired) electrons. The number of ether oxygens (including phenoxy) is 2. The van der Waals surface area contributed by atoms with Crippen molar-refractivity contribution in [1.29, 1.82) is 0 Å². The van der Waals surface area contributed by atoms with E-state index in [9.17, 15) is 4.79 Å². The van der Waals surface area contributed by atoms with Crippen LogP contribution in [0.15, 0.2) is 18.2 Å². The van der Waals surface area contributed by atoms with Crippen LogP contribution in [0.1, 0.15) is 16.8 Å². The summed E-state index contributed by atoms with van der Waals surface area (Å²) in [6, 6.07) is 5.27. The minimum atomic E-state index is -0.0615. The standard InChI is InChI=1S/C15H21N3O3/c19-15(12-2-3-13-14(10-12)21-11-20-13)17-4-1-7-18-8-5-16-6-9-18/h2-3,10,16H,1,4-9,11H2,(H,17,19). The third-order valence-electron chi connectivity index (χ3n) is 3.78. The van der Waals surface area contributed by atoms with E-state index < -0.39 is 0 Å². The van der Waals surface area contributed by atoms with Crippen LogP contribution >= 0.6 is 0 Å². The molecule has 0 unspecified atom stereocenters. The fourth-order valence-electron chi connectivity index (χ4n) is 2.58. The number of hydrogen-bond acceptors (Lipinski definition) is 5. The van der Waals surface area contributed by atoms with Crippen molar-refractivity contribution < 1.29 is 14.3 Å². The molecule has 6 heteroatoms. The zero-order valence-electron chi connectivity index (χ0n) is 12.1. The maximum absolute atomic E-state index is 12.1. The maximum atomic E-state index is 12.1. The highest BCUT2D eigenvalue weighted by molar-refractivity contribution is 5.94. The summed E-state index contributed by atoms with van der Waals surface area (Å²) in [4.78, 5) is 14.5. The second kappa shape index (κ2) is 6.78. The van der Waals surface area contributed by atoms with Crippen LogP contribution in [0.5, 0.6) is 11.5 Å². The van der Waals surface area contributed by atoms with Gasteiger partial charge >= 0.3 is 0 Å². The Morgan fingerprint density at radius 3 is 2.90 bits per heavy atom. The first-order valence-electron chi connectivity index (χ1n) is 7.44. The summed E-state index contributed by atoms with van der Waals surface area (Å²) in [5, 5.41) is 6.28. The quantitative estimate of drug-likeness (QED) is 0.771. The molecule has 0 atom stereocenters. The van der Waals surface area contributed by atoms with Gasteiger partial charge in [0.2, 0.25) is 6.79 Å². The predicted octanol–water partition coefficient (Wildman–Crippen LogP) is 0.440. The molecule has 3 rings (SSSR count). The zero-order chi connectivity index (χ0) is 14.5. The van der Waals surface area contributed by atoms with Crippen LogP contribution in [0.2, 0.25) is 0 Å². The number of piperazine rings is 1. The van der Waals surface area contributed by atoms with E-state index in [-0.39, 0.29) is 12.7 Å². The fraction of sp³-hybridized carbons (Fsp3) is 0.533. The van der Waals surface area contributed by atoms with E-state index in [1.807, 2.05) is 0 Å². The van der Waals surface area contributed by atoms with E-state index in [0.29, 0.717) is 23.6 Å². The van der Waals surface area contributed by atoms with E-state index in [0.717, 1.165) is 39.1 Å². The van der Waals surface area contributed by atoms with Gasteiger partial charge in [-0.25, -0.2) is 0 Å². The number of fused-ring (bicyclic) bond motifs is 1. The lowest BCUT2D eigenvalue weighted by molar-refractivity contribution is 0.0951. The Balaban J connectivity index is 1.41. The van der Waals surface area contributed by atoms with E-state index in [1.165, 1.54) is 0 Å². The average Bonchev–Trinajstić information content (AvgIpc) is 3.00. The van der Waals surface area contributed by atoms with Gasteiger partial charge in [-0.1, -0.05) is 0 Å². The van der Waals surface area contributed by atoms with E-state index in [4.69, 9.17) is 9.47 Å². The summed E-state index contributed by atoms with van der Waals surface area (Å²) in [5.74, 6) is 1.28. The van der Waals surface area contributed by atoms with Crippen LogP contribution in [0, 0.1) is 0 Å². The topological polar surface area (TPSA) is 62.8 Å². The summed E-state index contributed by atoms with van der Waals surface area (Å²) in [6.07, 6.45) is 0.969. The first-order chi connectivity index (χ1) is 10.3. The molecule has 1 amide bonds. The molecule has 2 aliphatic rings. The molecule has 1 saturated heterocycles. The Morgan fingerprint density at radius 1 is 1.24 bits per heavy atom. The van der Waals surface area contributed by atoms with Crippen LogP contribution in [0.4, 0.5) is 0 Å². The summed E-state index contributed by atoms with van der Waals surface area (Å²) in [7, 11) is 0. The Hall–Kier alpha value is -1.79. The fourth-order valence-corrected chi connectivity index (χ4v) is 2.58. The molecule has 0 aromatic heterocycles. The van der Waals surface area contributed by atoms with Crippen molar-refractivity contribution in [3.05, 3.63) is 23.8 Å². The van der Waals surface area contributed by atoms with E-state index in [2.05, 4.69) is 15.5 Å². The number of benzene rings is 1. The number of hydrogen-bond donors (Lipinski definition) is 2. The lowest BCUT2D eigenvalue weighted by atomic mass is 10.2. The van der Waals surface area contributed by atoms with Crippen LogP contribution < -0.4 is 20.1 Å². The number of nitrogens with one attached hydrogen (secondary N) is 2. The number of carbonyl (C=O) groups excluding carboxylic acids is 1. The highest BCUT2D eigenvalue weighted by Gasteiger charge is 2.16. The van der Waals surface area contributed by atoms with Crippen LogP contribution in [-0.2, 0) is 0 Å². The Bertz CT molecular complexity index is 501. The molecular weight excluding hydrogens is 270 g/mol. The lowest BCUT2D eigenvalue weighted by Gasteiger charge is -2.27. The van der Waals surface area contributed by atoms with Crippen LogP contribution in [0.25, 0.3) is 0 Å².